The zero-order chi connectivity index (χ0) is 19.6. The number of ether oxygens (including phenoxy) is 1. The summed E-state index contributed by atoms with van der Waals surface area (Å²) in [7, 11) is 0. The number of hydrogen-bond donors (Lipinski definition) is 1. The molecule has 0 spiro atoms. The molecule has 1 aromatic rings. The summed E-state index contributed by atoms with van der Waals surface area (Å²) < 4.78 is 43.1. The number of benzene rings is 1. The first-order chi connectivity index (χ1) is 12.6. The van der Waals surface area contributed by atoms with Gasteiger partial charge in [-0.15, -0.1) is 0 Å². The Kier molecular flexibility index (Phi) is 3.87. The number of nitrogens with one attached hydrogen (secondary N) is 1. The lowest BCUT2D eigenvalue weighted by atomic mass is 9.77. The van der Waals surface area contributed by atoms with Crippen molar-refractivity contribution in [2.24, 2.45) is 11.8 Å². The fraction of sp³-hybridized carbons (Fsp3) is 0.353. The van der Waals surface area contributed by atoms with Crippen LogP contribution in [0.25, 0.3) is 0 Å². The molecule has 0 aliphatic carbocycles. The molecule has 142 valence electrons. The summed E-state index contributed by atoms with van der Waals surface area (Å²) in [6.07, 6.45) is -2.79. The molecule has 4 rings (SSSR count). The van der Waals surface area contributed by atoms with Crippen molar-refractivity contribution >= 4 is 35.0 Å². The maximum atomic E-state index is 12.9. The van der Waals surface area contributed by atoms with Crippen molar-refractivity contribution in [2.45, 2.75) is 17.9 Å². The molecule has 10 heteroatoms. The molecule has 6 nitrogen and oxygen atoms in total. The summed E-state index contributed by atoms with van der Waals surface area (Å²) in [6, 6.07) is 6.06. The maximum absolute atomic E-state index is 12.9. The Labute approximate surface area is 155 Å². The number of anilines is 1. The monoisotopic (exact) mass is 400 g/mol. The van der Waals surface area contributed by atoms with Crippen LogP contribution in [0, 0.1) is 11.8 Å². The van der Waals surface area contributed by atoms with E-state index in [0.29, 0.717) is 10.7 Å². The molecule has 4 atom stereocenters. The highest BCUT2D eigenvalue weighted by molar-refractivity contribution is 6.31. The lowest BCUT2D eigenvalue weighted by molar-refractivity contribution is -0.174. The van der Waals surface area contributed by atoms with Gasteiger partial charge in [0.1, 0.15) is 5.60 Å². The summed E-state index contributed by atoms with van der Waals surface area (Å²) in [5.74, 6) is -5.07. The minimum absolute atomic E-state index is 0.317. The molecule has 2 saturated heterocycles. The molecule has 0 saturated carbocycles. The standard InChI is InChI=1S/C17H12ClF3N2O4/c18-8-1-3-9(4-2-8)23-13(24)11-10-5-6-16(27-10,12(11)14(23)25)7-22-15(26)17(19,20)21/h1-6,10-12H,7H2,(H,22,26)/t10-,11-,12-,16+/m1/s1. The van der Waals surface area contributed by atoms with Crippen LogP contribution < -0.4 is 10.2 Å². The van der Waals surface area contributed by atoms with Crippen LogP contribution in [0.3, 0.4) is 0 Å². The van der Waals surface area contributed by atoms with Crippen molar-refractivity contribution in [1.82, 2.24) is 5.32 Å². The summed E-state index contributed by atoms with van der Waals surface area (Å²) in [5.41, 5.74) is -1.16. The van der Waals surface area contributed by atoms with E-state index in [4.69, 9.17) is 16.3 Å². The number of amides is 3. The maximum Gasteiger partial charge on any atom is 0.471 e. The molecule has 3 aliphatic heterocycles. The Bertz CT molecular complexity index is 870. The van der Waals surface area contributed by atoms with Crippen molar-refractivity contribution in [2.75, 3.05) is 11.4 Å². The predicted molar refractivity (Wildman–Crippen MR) is 86.7 cm³/mol. The Morgan fingerprint density at radius 3 is 2.52 bits per heavy atom. The van der Waals surface area contributed by atoms with E-state index in [1.165, 1.54) is 36.4 Å². The average Bonchev–Trinajstić information content (AvgIpc) is 3.24. The second-order valence-electron chi connectivity index (χ2n) is 6.57. The van der Waals surface area contributed by atoms with Crippen LogP contribution in [0.5, 0.6) is 0 Å². The fourth-order valence-corrected chi connectivity index (χ4v) is 4.00. The van der Waals surface area contributed by atoms with Crippen LogP contribution in [0.2, 0.25) is 5.02 Å². The van der Waals surface area contributed by atoms with E-state index in [2.05, 4.69) is 0 Å². The van der Waals surface area contributed by atoms with Crippen molar-refractivity contribution in [3.05, 3.63) is 41.4 Å². The molecule has 3 aliphatic rings. The summed E-state index contributed by atoms with van der Waals surface area (Å²) >= 11 is 5.82. The van der Waals surface area contributed by atoms with Crippen LogP contribution in [0.4, 0.5) is 18.9 Å². The van der Waals surface area contributed by atoms with E-state index in [9.17, 15) is 27.6 Å². The first kappa shape index (κ1) is 18.0. The quantitative estimate of drug-likeness (QED) is 0.620. The number of nitrogens with zero attached hydrogens (tertiary/aromatic N) is 1. The van der Waals surface area contributed by atoms with Gasteiger partial charge in [-0.3, -0.25) is 14.4 Å². The Morgan fingerprint density at radius 1 is 1.22 bits per heavy atom. The normalized spacial score (nSPS) is 31.6. The van der Waals surface area contributed by atoms with E-state index in [1.807, 2.05) is 0 Å². The van der Waals surface area contributed by atoms with Gasteiger partial charge in [0.2, 0.25) is 11.8 Å². The SMILES string of the molecule is O=C1[C@@H]2[C@H]3C=C[C@@](CNC(=O)C(F)(F)F)(O3)[C@H]2C(=O)N1c1ccc(Cl)cc1. The first-order valence-corrected chi connectivity index (χ1v) is 8.37. The highest BCUT2D eigenvalue weighted by Crippen LogP contribution is 2.52. The zero-order valence-electron chi connectivity index (χ0n) is 13.5. The second kappa shape index (κ2) is 5.80. The van der Waals surface area contributed by atoms with Crippen LogP contribution >= 0.6 is 11.6 Å². The van der Waals surface area contributed by atoms with E-state index in [1.54, 1.807) is 5.32 Å². The molecule has 3 heterocycles. The Hall–Kier alpha value is -2.39. The number of fused-ring (bicyclic) bond motifs is 5. The van der Waals surface area contributed by atoms with Crippen molar-refractivity contribution in [3.63, 3.8) is 0 Å². The smallest absolute Gasteiger partial charge is 0.360 e. The molecule has 1 N–H and O–H groups in total. The summed E-state index contributed by atoms with van der Waals surface area (Å²) in [4.78, 5) is 37.9. The molecule has 2 fully saturated rings. The topological polar surface area (TPSA) is 75.7 Å². The largest absolute Gasteiger partial charge is 0.471 e. The average molecular weight is 401 g/mol. The number of imide groups is 1. The third-order valence-corrected chi connectivity index (χ3v) is 5.27. The van der Waals surface area contributed by atoms with Gasteiger partial charge < -0.3 is 10.1 Å². The minimum Gasteiger partial charge on any atom is -0.360 e. The second-order valence-corrected chi connectivity index (χ2v) is 7.01. The van der Waals surface area contributed by atoms with Gasteiger partial charge >= 0.3 is 12.1 Å². The first-order valence-electron chi connectivity index (χ1n) is 8.00. The number of carbonyl (C=O) groups excluding carboxylic acids is 3. The van der Waals surface area contributed by atoms with E-state index in [0.717, 1.165) is 4.90 Å². The van der Waals surface area contributed by atoms with Crippen molar-refractivity contribution < 1.29 is 32.3 Å². The van der Waals surface area contributed by atoms with Crippen LogP contribution in [0.1, 0.15) is 0 Å². The molecule has 3 amide bonds. The zero-order valence-corrected chi connectivity index (χ0v) is 14.3. The molecular formula is C17H12ClF3N2O4. The molecule has 27 heavy (non-hydrogen) atoms. The third kappa shape index (κ3) is 2.64. The van der Waals surface area contributed by atoms with Crippen LogP contribution in [-0.2, 0) is 19.1 Å². The van der Waals surface area contributed by atoms with Crippen LogP contribution in [0.15, 0.2) is 36.4 Å². The Balaban J connectivity index is 1.62. The summed E-state index contributed by atoms with van der Waals surface area (Å²) in [6.45, 7) is -0.563. The van der Waals surface area contributed by atoms with Crippen molar-refractivity contribution in [1.29, 1.82) is 0 Å². The minimum atomic E-state index is -5.05. The number of rotatable bonds is 3. The van der Waals surface area contributed by atoms with Gasteiger partial charge in [0.15, 0.2) is 0 Å². The highest BCUT2D eigenvalue weighted by atomic mass is 35.5. The van der Waals surface area contributed by atoms with Gasteiger partial charge in [0.05, 0.1) is 30.2 Å². The van der Waals surface area contributed by atoms with Gasteiger partial charge in [-0.05, 0) is 24.3 Å². The van der Waals surface area contributed by atoms with Gasteiger partial charge in [-0.2, -0.15) is 13.2 Å². The van der Waals surface area contributed by atoms with Crippen molar-refractivity contribution in [3.8, 4) is 0 Å². The van der Waals surface area contributed by atoms with Gasteiger partial charge in [0, 0.05) is 5.02 Å². The molecular weight excluding hydrogens is 389 g/mol. The highest BCUT2D eigenvalue weighted by Gasteiger charge is 2.68. The lowest BCUT2D eigenvalue weighted by Gasteiger charge is -2.29. The predicted octanol–water partition coefficient (Wildman–Crippen LogP) is 1.83. The van der Waals surface area contributed by atoms with Gasteiger partial charge in [-0.1, -0.05) is 23.8 Å². The molecule has 0 aromatic heterocycles. The van der Waals surface area contributed by atoms with E-state index >= 15 is 0 Å². The lowest BCUT2D eigenvalue weighted by Crippen LogP contribution is -2.51. The number of hydrogen-bond acceptors (Lipinski definition) is 4. The van der Waals surface area contributed by atoms with Crippen LogP contribution in [-0.4, -0.2) is 42.1 Å². The number of halogens is 4. The molecule has 2 bridgehead atoms. The van der Waals surface area contributed by atoms with E-state index in [-0.39, 0.29) is 0 Å². The molecule has 1 aromatic carbocycles. The molecule has 0 radical (unpaired) electrons. The van der Waals surface area contributed by atoms with E-state index < -0.39 is 54.0 Å². The Morgan fingerprint density at radius 2 is 1.89 bits per heavy atom. The van der Waals surface area contributed by atoms with Gasteiger partial charge in [-0.25, -0.2) is 4.90 Å². The molecule has 0 unspecified atom stereocenters. The number of alkyl halides is 3. The number of carbonyl (C=O) groups is 3. The third-order valence-electron chi connectivity index (χ3n) is 5.02. The van der Waals surface area contributed by atoms with Gasteiger partial charge in [0.25, 0.3) is 0 Å². The fourth-order valence-electron chi connectivity index (χ4n) is 3.87. The summed E-state index contributed by atoms with van der Waals surface area (Å²) in [5, 5.41) is 2.18.